The Morgan fingerprint density at radius 1 is 0.882 bits per heavy atom. The van der Waals surface area contributed by atoms with Crippen LogP contribution in [0.3, 0.4) is 0 Å². The SMILES string of the molecule is O=CC1(c2ccccc2-c2ccccc2)CC1. The van der Waals surface area contributed by atoms with E-state index in [0.29, 0.717) is 0 Å². The molecule has 2 aromatic carbocycles. The van der Waals surface area contributed by atoms with E-state index in [1.54, 1.807) is 0 Å². The van der Waals surface area contributed by atoms with Crippen LogP contribution < -0.4 is 0 Å². The summed E-state index contributed by atoms with van der Waals surface area (Å²) in [5, 5.41) is 0. The first kappa shape index (κ1) is 10.3. The van der Waals surface area contributed by atoms with Crippen LogP contribution in [0.5, 0.6) is 0 Å². The Bertz CT molecular complexity index is 538. The first-order chi connectivity index (χ1) is 8.36. The predicted molar refractivity (Wildman–Crippen MR) is 68.9 cm³/mol. The molecule has 1 aliphatic carbocycles. The molecule has 84 valence electrons. The van der Waals surface area contributed by atoms with E-state index in [1.165, 1.54) is 16.7 Å². The minimum Gasteiger partial charge on any atom is -0.302 e. The van der Waals surface area contributed by atoms with Gasteiger partial charge < -0.3 is 4.79 Å². The van der Waals surface area contributed by atoms with Crippen LogP contribution in [0.25, 0.3) is 11.1 Å². The van der Waals surface area contributed by atoms with Crippen molar-refractivity contribution >= 4 is 6.29 Å². The van der Waals surface area contributed by atoms with Gasteiger partial charge >= 0.3 is 0 Å². The summed E-state index contributed by atoms with van der Waals surface area (Å²) < 4.78 is 0. The van der Waals surface area contributed by atoms with Gasteiger partial charge in [-0.25, -0.2) is 0 Å². The Labute approximate surface area is 101 Å². The normalized spacial score (nSPS) is 16.5. The van der Waals surface area contributed by atoms with Crippen LogP contribution in [0.1, 0.15) is 18.4 Å². The number of rotatable bonds is 3. The molecule has 17 heavy (non-hydrogen) atoms. The number of aldehydes is 1. The van der Waals surface area contributed by atoms with Crippen molar-refractivity contribution in [3.05, 3.63) is 60.2 Å². The zero-order valence-electron chi connectivity index (χ0n) is 9.60. The van der Waals surface area contributed by atoms with Gasteiger partial charge in [-0.05, 0) is 29.5 Å². The molecule has 0 bridgehead atoms. The van der Waals surface area contributed by atoms with Gasteiger partial charge in [0.1, 0.15) is 6.29 Å². The highest BCUT2D eigenvalue weighted by Crippen LogP contribution is 2.49. The maximum Gasteiger partial charge on any atom is 0.130 e. The highest BCUT2D eigenvalue weighted by atomic mass is 16.1. The van der Waals surface area contributed by atoms with Crippen LogP contribution in [-0.2, 0) is 10.2 Å². The zero-order valence-corrected chi connectivity index (χ0v) is 9.60. The topological polar surface area (TPSA) is 17.1 Å². The summed E-state index contributed by atoms with van der Waals surface area (Å²) >= 11 is 0. The number of carbonyl (C=O) groups excluding carboxylic acids is 1. The number of carbonyl (C=O) groups is 1. The first-order valence-electron chi connectivity index (χ1n) is 5.97. The Kier molecular flexibility index (Phi) is 2.32. The fraction of sp³-hybridized carbons (Fsp3) is 0.188. The van der Waals surface area contributed by atoms with Crippen molar-refractivity contribution in [2.45, 2.75) is 18.3 Å². The second kappa shape index (κ2) is 3.85. The molecule has 0 saturated heterocycles. The highest BCUT2D eigenvalue weighted by molar-refractivity contribution is 5.80. The Hall–Kier alpha value is -1.89. The van der Waals surface area contributed by atoms with E-state index in [2.05, 4.69) is 24.3 Å². The van der Waals surface area contributed by atoms with Crippen LogP contribution in [0, 0.1) is 0 Å². The lowest BCUT2D eigenvalue weighted by molar-refractivity contribution is -0.109. The summed E-state index contributed by atoms with van der Waals surface area (Å²) in [4.78, 5) is 11.3. The van der Waals surface area contributed by atoms with Gasteiger partial charge in [-0.15, -0.1) is 0 Å². The molecular weight excluding hydrogens is 208 g/mol. The van der Waals surface area contributed by atoms with Crippen LogP contribution in [0.15, 0.2) is 54.6 Å². The molecule has 0 spiro atoms. The van der Waals surface area contributed by atoms with Gasteiger partial charge in [-0.1, -0.05) is 54.6 Å². The van der Waals surface area contributed by atoms with Gasteiger partial charge in [0.25, 0.3) is 0 Å². The van der Waals surface area contributed by atoms with Crippen molar-refractivity contribution in [3.63, 3.8) is 0 Å². The average molecular weight is 222 g/mol. The van der Waals surface area contributed by atoms with Crippen molar-refractivity contribution in [2.24, 2.45) is 0 Å². The summed E-state index contributed by atoms with van der Waals surface area (Å²) in [6, 6.07) is 18.5. The molecule has 0 aromatic heterocycles. The van der Waals surface area contributed by atoms with Crippen molar-refractivity contribution in [3.8, 4) is 11.1 Å². The van der Waals surface area contributed by atoms with Crippen LogP contribution in [-0.4, -0.2) is 6.29 Å². The summed E-state index contributed by atoms with van der Waals surface area (Å²) in [6.45, 7) is 0. The van der Waals surface area contributed by atoms with E-state index in [9.17, 15) is 4.79 Å². The van der Waals surface area contributed by atoms with E-state index in [0.717, 1.165) is 19.1 Å². The average Bonchev–Trinajstić information content (AvgIpc) is 3.21. The van der Waals surface area contributed by atoms with E-state index >= 15 is 0 Å². The molecule has 3 rings (SSSR count). The molecule has 0 aliphatic heterocycles. The molecule has 0 amide bonds. The predicted octanol–water partition coefficient (Wildman–Crippen LogP) is 3.58. The van der Waals surface area contributed by atoms with Crippen LogP contribution in [0.2, 0.25) is 0 Å². The van der Waals surface area contributed by atoms with Gasteiger partial charge in [0.2, 0.25) is 0 Å². The summed E-state index contributed by atoms with van der Waals surface area (Å²) in [5.41, 5.74) is 3.36. The molecule has 1 fully saturated rings. The van der Waals surface area contributed by atoms with E-state index in [1.807, 2.05) is 30.3 Å². The third kappa shape index (κ3) is 1.68. The zero-order chi connectivity index (χ0) is 11.7. The number of hydrogen-bond acceptors (Lipinski definition) is 1. The molecule has 0 unspecified atom stereocenters. The molecule has 0 radical (unpaired) electrons. The molecule has 1 aliphatic rings. The fourth-order valence-corrected chi connectivity index (χ4v) is 2.37. The maximum atomic E-state index is 11.3. The molecule has 1 saturated carbocycles. The first-order valence-corrected chi connectivity index (χ1v) is 5.97. The second-order valence-corrected chi connectivity index (χ2v) is 4.69. The van der Waals surface area contributed by atoms with Gasteiger partial charge in [0, 0.05) is 0 Å². The quantitative estimate of drug-likeness (QED) is 0.725. The largest absolute Gasteiger partial charge is 0.302 e. The van der Waals surface area contributed by atoms with Gasteiger partial charge in [0.05, 0.1) is 5.41 Å². The number of hydrogen-bond donors (Lipinski definition) is 0. The van der Waals surface area contributed by atoms with Gasteiger partial charge in [-0.2, -0.15) is 0 Å². The lowest BCUT2D eigenvalue weighted by Crippen LogP contribution is -2.09. The van der Waals surface area contributed by atoms with Crippen LogP contribution in [0.4, 0.5) is 0 Å². The highest BCUT2D eigenvalue weighted by Gasteiger charge is 2.45. The van der Waals surface area contributed by atoms with Gasteiger partial charge in [-0.3, -0.25) is 0 Å². The van der Waals surface area contributed by atoms with Crippen LogP contribution >= 0.6 is 0 Å². The summed E-state index contributed by atoms with van der Waals surface area (Å²) in [7, 11) is 0. The third-order valence-corrected chi connectivity index (χ3v) is 3.56. The molecular formula is C16H14O. The molecule has 0 atom stereocenters. The lowest BCUT2D eigenvalue weighted by Gasteiger charge is -2.14. The minimum absolute atomic E-state index is 0.202. The van der Waals surface area contributed by atoms with Crippen molar-refractivity contribution in [2.75, 3.05) is 0 Å². The lowest BCUT2D eigenvalue weighted by atomic mass is 9.89. The Balaban J connectivity index is 2.15. The fourth-order valence-electron chi connectivity index (χ4n) is 2.37. The minimum atomic E-state index is -0.202. The van der Waals surface area contributed by atoms with Crippen molar-refractivity contribution in [1.29, 1.82) is 0 Å². The summed E-state index contributed by atoms with van der Waals surface area (Å²) in [6.07, 6.45) is 3.09. The molecule has 2 aromatic rings. The molecule has 0 N–H and O–H groups in total. The standard InChI is InChI=1S/C16H14O/c17-12-16(10-11-16)15-9-5-4-8-14(15)13-6-2-1-3-7-13/h1-9,12H,10-11H2. The third-order valence-electron chi connectivity index (χ3n) is 3.56. The van der Waals surface area contributed by atoms with E-state index in [-0.39, 0.29) is 5.41 Å². The monoisotopic (exact) mass is 222 g/mol. The maximum absolute atomic E-state index is 11.3. The Morgan fingerprint density at radius 2 is 1.53 bits per heavy atom. The molecule has 1 heteroatoms. The van der Waals surface area contributed by atoms with Crippen molar-refractivity contribution < 1.29 is 4.79 Å². The van der Waals surface area contributed by atoms with Crippen molar-refractivity contribution in [1.82, 2.24) is 0 Å². The van der Waals surface area contributed by atoms with Gasteiger partial charge in [0.15, 0.2) is 0 Å². The number of benzene rings is 2. The van der Waals surface area contributed by atoms with E-state index in [4.69, 9.17) is 0 Å². The van der Waals surface area contributed by atoms with E-state index < -0.39 is 0 Å². The smallest absolute Gasteiger partial charge is 0.130 e. The second-order valence-electron chi connectivity index (χ2n) is 4.69. The molecule has 1 nitrogen and oxygen atoms in total. The Morgan fingerprint density at radius 3 is 2.18 bits per heavy atom. The molecule has 0 heterocycles. The summed E-state index contributed by atoms with van der Waals surface area (Å²) in [5.74, 6) is 0.